The summed E-state index contributed by atoms with van der Waals surface area (Å²) >= 11 is 0. The van der Waals surface area contributed by atoms with Crippen molar-refractivity contribution in [2.24, 2.45) is 11.8 Å². The van der Waals surface area contributed by atoms with E-state index in [1.807, 2.05) is 0 Å². The van der Waals surface area contributed by atoms with Gasteiger partial charge in [0.15, 0.2) is 0 Å². The molecule has 5 heteroatoms. The van der Waals surface area contributed by atoms with Gasteiger partial charge >= 0.3 is 5.97 Å². The number of nitriles is 1. The fourth-order valence-corrected chi connectivity index (χ4v) is 5.26. The van der Waals surface area contributed by atoms with Gasteiger partial charge in [0, 0.05) is 6.07 Å². The number of ether oxygens (including phenoxy) is 1. The number of esters is 1. The van der Waals surface area contributed by atoms with E-state index < -0.39 is 17.6 Å². The summed E-state index contributed by atoms with van der Waals surface area (Å²) in [5, 5.41) is 8.79. The Hall–Kier alpha value is -2.74. The lowest BCUT2D eigenvalue weighted by molar-refractivity contribution is 0.0729. The molecule has 194 valence electrons. The summed E-state index contributed by atoms with van der Waals surface area (Å²) < 4.78 is 33.5. The van der Waals surface area contributed by atoms with Crippen LogP contribution in [0.25, 0.3) is 0 Å². The van der Waals surface area contributed by atoms with Crippen molar-refractivity contribution < 1.29 is 18.3 Å². The Morgan fingerprint density at radius 3 is 2.19 bits per heavy atom. The van der Waals surface area contributed by atoms with Gasteiger partial charge in [-0.1, -0.05) is 90.0 Å². The number of halogens is 2. The number of nitrogens with zero attached hydrogens (tertiary/aromatic N) is 1. The summed E-state index contributed by atoms with van der Waals surface area (Å²) in [6, 6.07) is 9.80. The predicted octanol–water partition coefficient (Wildman–Crippen LogP) is 8.94. The molecule has 0 N–H and O–H groups in total. The lowest BCUT2D eigenvalue weighted by atomic mass is 9.77. The third-order valence-corrected chi connectivity index (χ3v) is 7.55. The summed E-state index contributed by atoms with van der Waals surface area (Å²) in [5.74, 6) is -0.807. The minimum absolute atomic E-state index is 0.0671. The maximum Gasteiger partial charge on any atom is 0.346 e. The fourth-order valence-electron chi connectivity index (χ4n) is 5.26. The van der Waals surface area contributed by atoms with Gasteiger partial charge in [0.05, 0.1) is 11.1 Å². The van der Waals surface area contributed by atoms with Gasteiger partial charge < -0.3 is 4.74 Å². The van der Waals surface area contributed by atoms with Crippen molar-refractivity contribution in [1.82, 2.24) is 0 Å². The fraction of sp³-hybridized carbons (Fsp3) is 0.548. The molecule has 0 atom stereocenters. The third kappa shape index (κ3) is 8.73. The van der Waals surface area contributed by atoms with Crippen molar-refractivity contribution in [3.05, 3.63) is 64.7 Å². The van der Waals surface area contributed by atoms with E-state index in [1.54, 1.807) is 12.1 Å². The molecule has 0 radical (unpaired) electrons. The summed E-state index contributed by atoms with van der Waals surface area (Å²) in [6.07, 6.45) is 17.9. The molecule has 1 fully saturated rings. The molecule has 0 saturated heterocycles. The van der Waals surface area contributed by atoms with Crippen LogP contribution in [0.15, 0.2) is 36.4 Å². The molecule has 0 spiro atoms. The van der Waals surface area contributed by atoms with Crippen LogP contribution in [0.1, 0.15) is 112 Å². The van der Waals surface area contributed by atoms with Gasteiger partial charge in [-0.15, -0.1) is 0 Å². The zero-order valence-electron chi connectivity index (χ0n) is 21.5. The number of aryl methyl sites for hydroxylation is 1. The molecule has 2 aromatic rings. The van der Waals surface area contributed by atoms with Gasteiger partial charge in [-0.05, 0) is 54.5 Å². The largest absolute Gasteiger partial charge is 0.423 e. The van der Waals surface area contributed by atoms with Crippen LogP contribution in [-0.4, -0.2) is 5.97 Å². The minimum atomic E-state index is -0.887. The Labute approximate surface area is 214 Å². The van der Waals surface area contributed by atoms with Gasteiger partial charge in [0.1, 0.15) is 23.5 Å². The summed E-state index contributed by atoms with van der Waals surface area (Å²) in [5.41, 5.74) is 0.542. The second kappa shape index (κ2) is 14.7. The van der Waals surface area contributed by atoms with Crippen LogP contribution in [0.4, 0.5) is 8.78 Å². The average molecular weight is 496 g/mol. The second-order valence-electron chi connectivity index (χ2n) is 10.3. The zero-order chi connectivity index (χ0) is 25.8. The lowest BCUT2D eigenvalue weighted by Crippen LogP contribution is -2.15. The smallest absolute Gasteiger partial charge is 0.346 e. The van der Waals surface area contributed by atoms with E-state index in [9.17, 15) is 13.6 Å². The van der Waals surface area contributed by atoms with Crippen molar-refractivity contribution in [1.29, 1.82) is 5.26 Å². The standard InChI is InChI=1S/C31H39F2NO2/c1-2-3-4-5-6-7-8-9-23-10-12-24(13-11-23)14-15-25-16-19-28(30(33)20-25)31(35)36-27-18-17-26(22-34)29(32)21-27/h16-21,23-24H,2-15H2,1H3/t23-,24-. The molecule has 2 aromatic carbocycles. The van der Waals surface area contributed by atoms with Crippen LogP contribution in [0.2, 0.25) is 0 Å². The molecule has 3 rings (SSSR count). The second-order valence-corrected chi connectivity index (χ2v) is 10.3. The van der Waals surface area contributed by atoms with E-state index >= 15 is 0 Å². The highest BCUT2D eigenvalue weighted by atomic mass is 19.1. The van der Waals surface area contributed by atoms with Crippen LogP contribution >= 0.6 is 0 Å². The van der Waals surface area contributed by atoms with Crippen molar-refractivity contribution >= 4 is 5.97 Å². The highest BCUT2D eigenvalue weighted by molar-refractivity contribution is 5.91. The minimum Gasteiger partial charge on any atom is -0.423 e. The number of carbonyl (C=O) groups is 1. The Morgan fingerprint density at radius 1 is 0.889 bits per heavy atom. The lowest BCUT2D eigenvalue weighted by Gasteiger charge is -2.28. The highest BCUT2D eigenvalue weighted by Gasteiger charge is 2.21. The number of unbranched alkanes of at least 4 members (excludes halogenated alkanes) is 6. The Morgan fingerprint density at radius 2 is 1.56 bits per heavy atom. The van der Waals surface area contributed by atoms with Gasteiger partial charge in [0.25, 0.3) is 0 Å². The molecule has 0 bridgehead atoms. The first-order valence-electron chi connectivity index (χ1n) is 13.7. The summed E-state index contributed by atoms with van der Waals surface area (Å²) in [6.45, 7) is 2.26. The highest BCUT2D eigenvalue weighted by Crippen LogP contribution is 2.34. The summed E-state index contributed by atoms with van der Waals surface area (Å²) in [4.78, 5) is 12.4. The van der Waals surface area contributed by atoms with E-state index in [2.05, 4.69) is 6.92 Å². The molecule has 36 heavy (non-hydrogen) atoms. The molecular weight excluding hydrogens is 456 g/mol. The van der Waals surface area contributed by atoms with E-state index in [0.29, 0.717) is 5.92 Å². The number of benzene rings is 2. The molecule has 3 nitrogen and oxygen atoms in total. The Bertz CT molecular complexity index is 1020. The van der Waals surface area contributed by atoms with Crippen molar-refractivity contribution in [3.8, 4) is 11.8 Å². The Balaban J connectivity index is 1.38. The van der Waals surface area contributed by atoms with Gasteiger partial charge in [-0.25, -0.2) is 13.6 Å². The van der Waals surface area contributed by atoms with Gasteiger partial charge in [-0.2, -0.15) is 5.26 Å². The SMILES string of the molecule is CCCCCCCCC[C@H]1CC[C@H](CCc2ccc(C(=O)Oc3ccc(C#N)c(F)c3)c(F)c2)CC1. The first-order chi connectivity index (χ1) is 17.5. The molecule has 0 aromatic heterocycles. The number of carbonyl (C=O) groups excluding carboxylic acids is 1. The van der Waals surface area contributed by atoms with E-state index in [-0.39, 0.29) is 16.9 Å². The van der Waals surface area contributed by atoms with E-state index in [0.717, 1.165) is 30.4 Å². The number of hydrogen-bond acceptors (Lipinski definition) is 3. The maximum atomic E-state index is 14.6. The van der Waals surface area contributed by atoms with Gasteiger partial charge in [-0.3, -0.25) is 0 Å². The van der Waals surface area contributed by atoms with Crippen molar-refractivity contribution in [2.75, 3.05) is 0 Å². The number of rotatable bonds is 13. The number of hydrogen-bond donors (Lipinski definition) is 0. The van der Waals surface area contributed by atoms with Crippen molar-refractivity contribution in [3.63, 3.8) is 0 Å². The van der Waals surface area contributed by atoms with E-state index in [4.69, 9.17) is 10.00 Å². The van der Waals surface area contributed by atoms with Crippen LogP contribution < -0.4 is 4.74 Å². The predicted molar refractivity (Wildman–Crippen MR) is 139 cm³/mol. The normalized spacial score (nSPS) is 17.5. The summed E-state index contributed by atoms with van der Waals surface area (Å²) in [7, 11) is 0. The molecule has 0 amide bonds. The Kier molecular flexibility index (Phi) is 11.4. The van der Waals surface area contributed by atoms with E-state index in [1.165, 1.54) is 101 Å². The average Bonchev–Trinajstić information content (AvgIpc) is 2.87. The topological polar surface area (TPSA) is 50.1 Å². The van der Waals surface area contributed by atoms with Gasteiger partial charge in [0.2, 0.25) is 0 Å². The maximum absolute atomic E-state index is 14.6. The molecule has 1 aliphatic carbocycles. The molecule has 1 saturated carbocycles. The zero-order valence-corrected chi connectivity index (χ0v) is 21.5. The molecule has 0 aliphatic heterocycles. The molecular formula is C31H39F2NO2. The van der Waals surface area contributed by atoms with Crippen LogP contribution in [0, 0.1) is 34.8 Å². The molecule has 1 aliphatic rings. The molecule has 0 heterocycles. The van der Waals surface area contributed by atoms with Crippen LogP contribution in [-0.2, 0) is 6.42 Å². The van der Waals surface area contributed by atoms with Crippen LogP contribution in [0.5, 0.6) is 5.75 Å². The molecule has 0 unspecified atom stereocenters. The first kappa shape index (κ1) is 27.8. The van der Waals surface area contributed by atoms with Crippen molar-refractivity contribution in [2.45, 2.75) is 96.8 Å². The third-order valence-electron chi connectivity index (χ3n) is 7.55. The first-order valence-corrected chi connectivity index (χ1v) is 13.7. The monoisotopic (exact) mass is 495 g/mol. The quantitative estimate of drug-likeness (QED) is 0.158. The van der Waals surface area contributed by atoms with Crippen LogP contribution in [0.3, 0.4) is 0 Å².